The van der Waals surface area contributed by atoms with E-state index in [1.165, 1.54) is 33.4 Å². The number of likely N-dealkylation sites (N-methyl/N-ethyl adjacent to an activating group) is 1. The van der Waals surface area contributed by atoms with Crippen molar-refractivity contribution in [2.75, 3.05) is 12.4 Å². The van der Waals surface area contributed by atoms with Gasteiger partial charge in [-0.15, -0.1) is 0 Å². The molecule has 0 saturated heterocycles. The molecule has 4 aromatic carbocycles. The number of nitrogens with one attached hydrogen (secondary N) is 2. The molecule has 0 aliphatic rings. The van der Waals surface area contributed by atoms with Crippen LogP contribution in [-0.4, -0.2) is 27.8 Å². The molecule has 0 amide bonds. The second kappa shape index (κ2) is 11.4. The van der Waals surface area contributed by atoms with Crippen LogP contribution in [0.2, 0.25) is 0 Å². The molecule has 204 valence electrons. The van der Waals surface area contributed by atoms with Gasteiger partial charge in [-0.25, -0.2) is 4.98 Å². The van der Waals surface area contributed by atoms with Gasteiger partial charge in [-0.3, -0.25) is 0 Å². The summed E-state index contributed by atoms with van der Waals surface area (Å²) in [6, 6.07) is 38.2. The first-order valence-corrected chi connectivity index (χ1v) is 14.1. The van der Waals surface area contributed by atoms with Crippen LogP contribution in [0.25, 0.3) is 39.2 Å². The Labute approximate surface area is 241 Å². The lowest BCUT2D eigenvalue weighted by atomic mass is 9.91. The van der Waals surface area contributed by atoms with Crippen molar-refractivity contribution in [3.63, 3.8) is 0 Å². The number of aryl methyl sites for hydroxylation is 3. The third-order valence-corrected chi connectivity index (χ3v) is 7.61. The number of aromatic nitrogens is 3. The highest BCUT2D eigenvalue weighted by Gasteiger charge is 2.18. The Balaban J connectivity index is 1.40. The van der Waals surface area contributed by atoms with Gasteiger partial charge in [0, 0.05) is 17.5 Å². The van der Waals surface area contributed by atoms with E-state index in [1.807, 2.05) is 48.0 Å². The molecule has 6 rings (SSSR count). The zero-order chi connectivity index (χ0) is 28.3. The van der Waals surface area contributed by atoms with Gasteiger partial charge >= 0.3 is 0 Å². The quantitative estimate of drug-likeness (QED) is 0.194. The molecule has 2 N–H and O–H groups in total. The maximum Gasteiger partial charge on any atom is 0.226 e. The number of hydrogen-bond donors (Lipinski definition) is 2. The Bertz CT molecular complexity index is 1810. The first-order valence-electron chi connectivity index (χ1n) is 14.1. The molecule has 5 nitrogen and oxygen atoms in total. The van der Waals surface area contributed by atoms with Crippen molar-refractivity contribution in [2.24, 2.45) is 0 Å². The van der Waals surface area contributed by atoms with Crippen molar-refractivity contribution in [3.8, 4) is 33.6 Å². The molecule has 6 aromatic rings. The molecule has 0 fully saturated rings. The summed E-state index contributed by atoms with van der Waals surface area (Å²) in [5.74, 6) is 0.697. The summed E-state index contributed by atoms with van der Waals surface area (Å²) >= 11 is 0. The molecule has 0 aliphatic heterocycles. The van der Waals surface area contributed by atoms with Crippen LogP contribution in [0.3, 0.4) is 0 Å². The second-order valence-electron chi connectivity index (χ2n) is 10.7. The maximum absolute atomic E-state index is 5.08. The standard InChI is InChI=1S/C36H35N5/c1-24-15-17-26(3)31(19-24)32-20-25(2)16-18-29(32)21-35(37-4)39-36-38-33(27-11-7-5-8-12-27)22-30-23-34(40-41(30)36)28-13-9-6-10-14-28/h5-20,22-23,35,37H,21H2,1-4H3,(H,38,39). The summed E-state index contributed by atoms with van der Waals surface area (Å²) < 4.78 is 1.92. The molecule has 1 atom stereocenters. The lowest BCUT2D eigenvalue weighted by Crippen LogP contribution is -2.36. The van der Waals surface area contributed by atoms with E-state index in [-0.39, 0.29) is 6.17 Å². The summed E-state index contributed by atoms with van der Waals surface area (Å²) in [5, 5.41) is 12.2. The average Bonchev–Trinajstić information content (AvgIpc) is 3.44. The van der Waals surface area contributed by atoms with E-state index in [0.29, 0.717) is 5.95 Å². The van der Waals surface area contributed by atoms with Crippen molar-refractivity contribution in [3.05, 3.63) is 131 Å². The number of benzene rings is 4. The molecule has 0 bridgehead atoms. The summed E-state index contributed by atoms with van der Waals surface area (Å²) in [6.45, 7) is 6.50. The number of hydrogen-bond acceptors (Lipinski definition) is 4. The highest BCUT2D eigenvalue weighted by molar-refractivity contribution is 5.74. The van der Waals surface area contributed by atoms with E-state index in [9.17, 15) is 0 Å². The van der Waals surface area contributed by atoms with Crippen LogP contribution in [-0.2, 0) is 6.42 Å². The number of fused-ring (bicyclic) bond motifs is 1. The first-order chi connectivity index (χ1) is 20.0. The van der Waals surface area contributed by atoms with Gasteiger partial charge in [-0.05, 0) is 62.2 Å². The molecule has 5 heteroatoms. The molecule has 1 unspecified atom stereocenters. The minimum atomic E-state index is -0.0762. The second-order valence-corrected chi connectivity index (χ2v) is 10.7. The molecule has 2 aromatic heterocycles. The zero-order valence-electron chi connectivity index (χ0n) is 24.0. The van der Waals surface area contributed by atoms with Gasteiger partial charge in [0.05, 0.1) is 23.1 Å². The minimum Gasteiger partial charge on any atom is -0.338 e. The molecule has 0 spiro atoms. The van der Waals surface area contributed by atoms with Crippen LogP contribution in [0.5, 0.6) is 0 Å². The van der Waals surface area contributed by atoms with Crippen LogP contribution in [0.4, 0.5) is 5.95 Å². The smallest absolute Gasteiger partial charge is 0.226 e. The van der Waals surface area contributed by atoms with Crippen LogP contribution >= 0.6 is 0 Å². The average molecular weight is 538 g/mol. The van der Waals surface area contributed by atoms with Gasteiger partial charge in [-0.1, -0.05) is 108 Å². The predicted octanol–water partition coefficient (Wildman–Crippen LogP) is 7.86. The predicted molar refractivity (Wildman–Crippen MR) is 170 cm³/mol. The summed E-state index contributed by atoms with van der Waals surface area (Å²) in [7, 11) is 1.99. The van der Waals surface area contributed by atoms with Crippen LogP contribution < -0.4 is 10.6 Å². The Kier molecular flexibility index (Phi) is 7.36. The molecule has 0 radical (unpaired) electrons. The van der Waals surface area contributed by atoms with Gasteiger partial charge in [-0.2, -0.15) is 9.61 Å². The fourth-order valence-electron chi connectivity index (χ4n) is 5.35. The monoisotopic (exact) mass is 537 g/mol. The van der Waals surface area contributed by atoms with Crippen LogP contribution in [0, 0.1) is 20.8 Å². The van der Waals surface area contributed by atoms with Crippen molar-refractivity contribution in [1.29, 1.82) is 0 Å². The van der Waals surface area contributed by atoms with Crippen molar-refractivity contribution < 1.29 is 0 Å². The van der Waals surface area contributed by atoms with Crippen molar-refractivity contribution in [2.45, 2.75) is 33.4 Å². The van der Waals surface area contributed by atoms with Gasteiger partial charge in [0.25, 0.3) is 0 Å². The first kappa shape index (κ1) is 26.5. The maximum atomic E-state index is 5.08. The Morgan fingerprint density at radius 2 is 1.29 bits per heavy atom. The topological polar surface area (TPSA) is 54.2 Å². The highest BCUT2D eigenvalue weighted by atomic mass is 15.3. The van der Waals surface area contributed by atoms with E-state index in [2.05, 4.69) is 104 Å². The molecule has 2 heterocycles. The van der Waals surface area contributed by atoms with Crippen molar-refractivity contribution in [1.82, 2.24) is 19.9 Å². The number of nitrogens with zero attached hydrogens (tertiary/aromatic N) is 3. The fourth-order valence-corrected chi connectivity index (χ4v) is 5.35. The van der Waals surface area contributed by atoms with Crippen LogP contribution in [0.1, 0.15) is 22.3 Å². The number of anilines is 1. The summed E-state index contributed by atoms with van der Waals surface area (Å²) in [4.78, 5) is 5.08. The van der Waals surface area contributed by atoms with Gasteiger partial charge in [0.2, 0.25) is 5.95 Å². The van der Waals surface area contributed by atoms with Gasteiger partial charge in [0.1, 0.15) is 0 Å². The van der Waals surface area contributed by atoms with E-state index < -0.39 is 0 Å². The van der Waals surface area contributed by atoms with Crippen molar-refractivity contribution >= 4 is 11.5 Å². The normalized spacial score (nSPS) is 12.0. The molecule has 0 aliphatic carbocycles. The fraction of sp³-hybridized carbons (Fsp3) is 0.167. The Morgan fingerprint density at radius 1 is 0.683 bits per heavy atom. The van der Waals surface area contributed by atoms with Gasteiger partial charge < -0.3 is 10.6 Å². The highest BCUT2D eigenvalue weighted by Crippen LogP contribution is 2.31. The van der Waals surface area contributed by atoms with E-state index >= 15 is 0 Å². The molecule has 0 saturated carbocycles. The number of rotatable bonds is 8. The molecular formula is C36H35N5. The summed E-state index contributed by atoms with van der Waals surface area (Å²) in [6.07, 6.45) is 0.693. The Hall–Kier alpha value is -4.74. The largest absolute Gasteiger partial charge is 0.338 e. The van der Waals surface area contributed by atoms with E-state index in [4.69, 9.17) is 10.1 Å². The Morgan fingerprint density at radius 3 is 1.98 bits per heavy atom. The SMILES string of the molecule is CNC(Cc1ccc(C)cc1-c1cc(C)ccc1C)Nc1nc(-c2ccccc2)cc2cc(-c3ccccc3)nn12. The third kappa shape index (κ3) is 5.63. The van der Waals surface area contributed by atoms with E-state index in [0.717, 1.165) is 34.5 Å². The lowest BCUT2D eigenvalue weighted by Gasteiger charge is -2.22. The zero-order valence-corrected chi connectivity index (χ0v) is 24.0. The molecular weight excluding hydrogens is 502 g/mol. The van der Waals surface area contributed by atoms with E-state index in [1.54, 1.807) is 0 Å². The van der Waals surface area contributed by atoms with Gasteiger partial charge in [0.15, 0.2) is 0 Å². The summed E-state index contributed by atoms with van der Waals surface area (Å²) in [5.41, 5.74) is 12.6. The molecule has 41 heavy (non-hydrogen) atoms. The van der Waals surface area contributed by atoms with Crippen LogP contribution in [0.15, 0.2) is 109 Å². The third-order valence-electron chi connectivity index (χ3n) is 7.61. The lowest BCUT2D eigenvalue weighted by molar-refractivity contribution is 0.613. The minimum absolute atomic E-state index is 0.0762.